The molecule has 1 saturated heterocycles. The number of amides is 1. The summed E-state index contributed by atoms with van der Waals surface area (Å²) in [7, 11) is 0. The summed E-state index contributed by atoms with van der Waals surface area (Å²) >= 11 is 0. The highest BCUT2D eigenvalue weighted by Gasteiger charge is 2.32. The molecule has 3 aliphatic rings. The van der Waals surface area contributed by atoms with Crippen LogP contribution in [0.4, 0.5) is 0 Å². The van der Waals surface area contributed by atoms with Crippen LogP contribution < -0.4 is 10.6 Å². The molecule has 0 atom stereocenters. The summed E-state index contributed by atoms with van der Waals surface area (Å²) in [5.74, 6) is 1.81. The highest BCUT2D eigenvalue weighted by atomic mass is 16.2. The van der Waals surface area contributed by atoms with Gasteiger partial charge >= 0.3 is 0 Å². The van der Waals surface area contributed by atoms with E-state index in [9.17, 15) is 4.79 Å². The van der Waals surface area contributed by atoms with Crippen LogP contribution in [0, 0.1) is 11.8 Å². The highest BCUT2D eigenvalue weighted by Crippen LogP contribution is 2.29. The topological polar surface area (TPSA) is 44.4 Å². The molecule has 1 aliphatic heterocycles. The van der Waals surface area contributed by atoms with Crippen molar-refractivity contribution >= 4 is 5.91 Å². The van der Waals surface area contributed by atoms with Crippen LogP contribution in [0.1, 0.15) is 38.5 Å². The molecular formula is C15H27N3O. The molecule has 19 heavy (non-hydrogen) atoms. The van der Waals surface area contributed by atoms with Crippen molar-refractivity contribution in [1.82, 2.24) is 15.5 Å². The van der Waals surface area contributed by atoms with Crippen LogP contribution in [0.2, 0.25) is 0 Å². The Morgan fingerprint density at radius 2 is 1.79 bits per heavy atom. The maximum atomic E-state index is 12.0. The Labute approximate surface area is 116 Å². The average Bonchev–Trinajstić information content (AvgIpc) is 3.30. The van der Waals surface area contributed by atoms with E-state index in [1.54, 1.807) is 0 Å². The van der Waals surface area contributed by atoms with Gasteiger partial charge in [-0.25, -0.2) is 0 Å². The zero-order valence-electron chi connectivity index (χ0n) is 11.9. The standard InChI is InChI=1S/C15H27N3O/c19-15(17-9-12-1-2-12)11-18(14-3-4-14)10-13-5-7-16-8-6-13/h12-14,16H,1-11H2,(H,17,19). The third-order valence-electron chi connectivity index (χ3n) is 4.65. The van der Waals surface area contributed by atoms with Gasteiger partial charge in [-0.05, 0) is 63.5 Å². The molecule has 2 N–H and O–H groups in total. The van der Waals surface area contributed by atoms with Gasteiger partial charge in [-0.15, -0.1) is 0 Å². The van der Waals surface area contributed by atoms with E-state index in [0.717, 1.165) is 38.0 Å². The summed E-state index contributed by atoms with van der Waals surface area (Å²) in [5.41, 5.74) is 0. The van der Waals surface area contributed by atoms with Gasteiger partial charge in [0.05, 0.1) is 6.54 Å². The zero-order chi connectivity index (χ0) is 13.1. The predicted octanol–water partition coefficient (Wildman–Crippen LogP) is 0.977. The molecule has 3 rings (SSSR count). The Morgan fingerprint density at radius 1 is 1.05 bits per heavy atom. The van der Waals surface area contributed by atoms with E-state index in [1.807, 2.05) is 0 Å². The lowest BCUT2D eigenvalue weighted by atomic mass is 9.97. The van der Waals surface area contributed by atoms with Gasteiger partial charge in [0.15, 0.2) is 0 Å². The lowest BCUT2D eigenvalue weighted by Gasteiger charge is -2.29. The molecule has 0 aromatic carbocycles. The molecule has 0 aromatic rings. The normalized spacial score (nSPS) is 24.7. The summed E-state index contributed by atoms with van der Waals surface area (Å²) in [6.45, 7) is 4.96. The lowest BCUT2D eigenvalue weighted by Crippen LogP contribution is -2.43. The van der Waals surface area contributed by atoms with Crippen molar-refractivity contribution in [3.63, 3.8) is 0 Å². The fourth-order valence-electron chi connectivity index (χ4n) is 3.00. The number of nitrogens with zero attached hydrogens (tertiary/aromatic N) is 1. The molecule has 0 bridgehead atoms. The number of nitrogens with one attached hydrogen (secondary N) is 2. The average molecular weight is 265 g/mol. The van der Waals surface area contributed by atoms with Crippen molar-refractivity contribution in [2.24, 2.45) is 11.8 Å². The molecule has 0 unspecified atom stereocenters. The summed E-state index contributed by atoms with van der Waals surface area (Å²) in [6.07, 6.45) is 7.74. The first kappa shape index (κ1) is 13.4. The van der Waals surface area contributed by atoms with Crippen molar-refractivity contribution in [3.05, 3.63) is 0 Å². The van der Waals surface area contributed by atoms with E-state index < -0.39 is 0 Å². The number of hydrogen-bond acceptors (Lipinski definition) is 3. The van der Waals surface area contributed by atoms with Crippen molar-refractivity contribution in [2.45, 2.75) is 44.6 Å². The van der Waals surface area contributed by atoms with E-state index in [-0.39, 0.29) is 5.91 Å². The second-order valence-electron chi connectivity index (χ2n) is 6.60. The number of hydrogen-bond donors (Lipinski definition) is 2. The fraction of sp³-hybridized carbons (Fsp3) is 0.933. The van der Waals surface area contributed by atoms with Crippen LogP contribution in [0.25, 0.3) is 0 Å². The van der Waals surface area contributed by atoms with Crippen LogP contribution in [0.5, 0.6) is 0 Å². The smallest absolute Gasteiger partial charge is 0.234 e. The van der Waals surface area contributed by atoms with Gasteiger partial charge in [-0.3, -0.25) is 9.69 Å². The van der Waals surface area contributed by atoms with Crippen molar-refractivity contribution in [2.75, 3.05) is 32.7 Å². The fourth-order valence-corrected chi connectivity index (χ4v) is 3.00. The predicted molar refractivity (Wildman–Crippen MR) is 75.9 cm³/mol. The van der Waals surface area contributed by atoms with E-state index in [4.69, 9.17) is 0 Å². The molecule has 4 heteroatoms. The molecule has 4 nitrogen and oxygen atoms in total. The van der Waals surface area contributed by atoms with Crippen LogP contribution in [-0.2, 0) is 4.79 Å². The maximum Gasteiger partial charge on any atom is 0.234 e. The molecule has 0 radical (unpaired) electrons. The number of piperidine rings is 1. The van der Waals surface area contributed by atoms with Crippen molar-refractivity contribution < 1.29 is 4.79 Å². The van der Waals surface area contributed by atoms with Crippen LogP contribution in [0.3, 0.4) is 0 Å². The van der Waals surface area contributed by atoms with Gasteiger partial charge in [-0.2, -0.15) is 0 Å². The summed E-state index contributed by atoms with van der Waals surface area (Å²) in [4.78, 5) is 14.4. The van der Waals surface area contributed by atoms with Gasteiger partial charge in [-0.1, -0.05) is 0 Å². The molecule has 2 saturated carbocycles. The molecule has 0 aromatic heterocycles. The Morgan fingerprint density at radius 3 is 2.42 bits per heavy atom. The Hall–Kier alpha value is -0.610. The van der Waals surface area contributed by atoms with Crippen molar-refractivity contribution in [3.8, 4) is 0 Å². The molecule has 0 spiro atoms. The van der Waals surface area contributed by atoms with Crippen LogP contribution in [-0.4, -0.2) is 49.6 Å². The van der Waals surface area contributed by atoms with Gasteiger partial charge in [0.1, 0.15) is 0 Å². The van der Waals surface area contributed by atoms with Gasteiger partial charge in [0.25, 0.3) is 0 Å². The van der Waals surface area contributed by atoms with Crippen LogP contribution in [0.15, 0.2) is 0 Å². The van der Waals surface area contributed by atoms with Gasteiger partial charge in [0, 0.05) is 19.1 Å². The quantitative estimate of drug-likeness (QED) is 0.721. The summed E-state index contributed by atoms with van der Waals surface area (Å²) < 4.78 is 0. The first-order chi connectivity index (χ1) is 9.31. The number of rotatable bonds is 7. The minimum Gasteiger partial charge on any atom is -0.355 e. The minimum atomic E-state index is 0.243. The van der Waals surface area contributed by atoms with E-state index in [1.165, 1.54) is 38.5 Å². The number of carbonyl (C=O) groups excluding carboxylic acids is 1. The second kappa shape index (κ2) is 6.23. The maximum absolute atomic E-state index is 12.0. The lowest BCUT2D eigenvalue weighted by molar-refractivity contribution is -0.122. The van der Waals surface area contributed by atoms with Gasteiger partial charge < -0.3 is 10.6 Å². The zero-order valence-corrected chi connectivity index (χ0v) is 11.9. The Bertz CT molecular complexity index is 307. The highest BCUT2D eigenvalue weighted by molar-refractivity contribution is 5.78. The number of carbonyl (C=O) groups is 1. The summed E-state index contributed by atoms with van der Waals surface area (Å²) in [5, 5.41) is 6.52. The minimum absolute atomic E-state index is 0.243. The molecule has 2 aliphatic carbocycles. The van der Waals surface area contributed by atoms with E-state index >= 15 is 0 Å². The SMILES string of the molecule is O=C(CN(CC1CCNCC1)C1CC1)NCC1CC1. The first-order valence-electron chi connectivity index (χ1n) is 8.02. The largest absolute Gasteiger partial charge is 0.355 e. The Kier molecular flexibility index (Phi) is 4.38. The second-order valence-corrected chi connectivity index (χ2v) is 6.60. The molecule has 3 fully saturated rings. The third-order valence-corrected chi connectivity index (χ3v) is 4.65. The molecular weight excluding hydrogens is 238 g/mol. The first-order valence-corrected chi connectivity index (χ1v) is 8.02. The molecule has 1 amide bonds. The van der Waals surface area contributed by atoms with E-state index in [0.29, 0.717) is 12.6 Å². The molecule has 1 heterocycles. The van der Waals surface area contributed by atoms with E-state index in [2.05, 4.69) is 15.5 Å². The van der Waals surface area contributed by atoms with Crippen LogP contribution >= 0.6 is 0 Å². The molecule has 108 valence electrons. The third kappa shape index (κ3) is 4.46. The Balaban J connectivity index is 1.41. The monoisotopic (exact) mass is 265 g/mol. The van der Waals surface area contributed by atoms with Crippen molar-refractivity contribution in [1.29, 1.82) is 0 Å². The summed E-state index contributed by atoms with van der Waals surface area (Å²) in [6, 6.07) is 0.696. The van der Waals surface area contributed by atoms with Gasteiger partial charge in [0.2, 0.25) is 5.91 Å².